The quantitative estimate of drug-likeness (QED) is 0.151. The Kier molecular flexibility index (Phi) is 8.75. The number of hydrogen-bond acceptors (Lipinski definition) is 5. The Morgan fingerprint density at radius 3 is 1.12 bits per heavy atom. The van der Waals surface area contributed by atoms with E-state index in [1.807, 2.05) is 78.9 Å². The van der Waals surface area contributed by atoms with Crippen molar-refractivity contribution >= 4 is 32.3 Å². The van der Waals surface area contributed by atoms with E-state index in [4.69, 9.17) is 24.9 Å². The third kappa shape index (κ3) is 6.45. The average Bonchev–Trinajstić information content (AvgIpc) is 3.34. The Morgan fingerprint density at radius 1 is 0.217 bits per heavy atom. The van der Waals surface area contributed by atoms with E-state index in [0.717, 1.165) is 55.9 Å². The number of hydrogen-bond donors (Lipinski definition) is 0. The predicted molar refractivity (Wildman–Crippen MR) is 246 cm³/mol. The number of benzene rings is 9. The van der Waals surface area contributed by atoms with Gasteiger partial charge >= 0.3 is 0 Å². The van der Waals surface area contributed by atoms with Gasteiger partial charge in [-0.3, -0.25) is 0 Å². The maximum absolute atomic E-state index is 5.29. The van der Waals surface area contributed by atoms with Crippen molar-refractivity contribution in [3.05, 3.63) is 212 Å². The van der Waals surface area contributed by atoms with Crippen molar-refractivity contribution in [2.45, 2.75) is 0 Å². The summed E-state index contributed by atoms with van der Waals surface area (Å²) in [5.41, 5.74) is 9.61. The second-order valence-corrected chi connectivity index (χ2v) is 14.8. The molecule has 0 spiro atoms. The Balaban J connectivity index is 1.05. The van der Waals surface area contributed by atoms with Crippen molar-refractivity contribution in [3.63, 3.8) is 0 Å². The van der Waals surface area contributed by atoms with E-state index in [0.29, 0.717) is 23.3 Å². The van der Waals surface area contributed by atoms with Crippen molar-refractivity contribution in [3.8, 4) is 79.2 Å². The van der Waals surface area contributed by atoms with Gasteiger partial charge in [-0.25, -0.2) is 24.9 Å². The van der Waals surface area contributed by atoms with Crippen LogP contribution in [0.1, 0.15) is 0 Å². The van der Waals surface area contributed by atoms with Crippen molar-refractivity contribution in [1.82, 2.24) is 24.9 Å². The lowest BCUT2D eigenvalue weighted by molar-refractivity contribution is 1.07. The molecule has 0 unspecified atom stereocenters. The Hall–Kier alpha value is -8.15. The molecule has 2 heterocycles. The van der Waals surface area contributed by atoms with Gasteiger partial charge in [0, 0.05) is 33.4 Å². The van der Waals surface area contributed by atoms with E-state index >= 15 is 0 Å². The minimum atomic E-state index is 0.615. The molecule has 0 aliphatic rings. The third-order valence-electron chi connectivity index (χ3n) is 11.1. The van der Waals surface area contributed by atoms with Gasteiger partial charge in [0.2, 0.25) is 0 Å². The van der Waals surface area contributed by atoms with Crippen LogP contribution in [-0.4, -0.2) is 24.9 Å². The first kappa shape index (κ1) is 35.0. The Morgan fingerprint density at radius 2 is 0.567 bits per heavy atom. The standard InChI is InChI=1S/C55H35N5/c1-4-17-36(18-5-1)52-56-49(35-50(57-52)48-32-16-31-47-45-28-11-10-27-43(45)44-29-12-13-30-46(44)51(47)48)41-25-14-23-39(33-41)40-24-15-26-42(34-40)55-59-53(37-19-6-2-7-20-37)58-54(60-55)38-21-8-3-9-22-38/h1-35H. The molecule has 5 nitrogen and oxygen atoms in total. The summed E-state index contributed by atoms with van der Waals surface area (Å²) in [5.74, 6) is 2.56. The SMILES string of the molecule is c1ccc(-c2nc(-c3cccc(-c4cccc(-c5nc(-c6ccccc6)nc(-c6ccccc6)n5)c4)c3)cc(-c3cccc4c5ccccc5c5ccccc5c34)n2)cc1. The largest absolute Gasteiger partial charge is 0.228 e. The lowest BCUT2D eigenvalue weighted by Gasteiger charge is -2.15. The molecule has 0 N–H and O–H groups in total. The van der Waals surface area contributed by atoms with Crippen LogP contribution in [0.3, 0.4) is 0 Å². The van der Waals surface area contributed by atoms with Gasteiger partial charge in [0.1, 0.15) is 0 Å². The highest BCUT2D eigenvalue weighted by atomic mass is 15.0. The minimum Gasteiger partial charge on any atom is -0.228 e. The highest BCUT2D eigenvalue weighted by Crippen LogP contribution is 2.41. The zero-order valence-electron chi connectivity index (χ0n) is 32.4. The highest BCUT2D eigenvalue weighted by Gasteiger charge is 2.18. The molecule has 0 saturated carbocycles. The lowest BCUT2D eigenvalue weighted by atomic mass is 9.90. The van der Waals surface area contributed by atoms with E-state index in [1.165, 1.54) is 32.3 Å². The molecule has 0 aliphatic carbocycles. The molecule has 0 saturated heterocycles. The van der Waals surface area contributed by atoms with Crippen LogP contribution < -0.4 is 0 Å². The molecule has 0 aliphatic heterocycles. The van der Waals surface area contributed by atoms with Gasteiger partial charge in [-0.2, -0.15) is 0 Å². The van der Waals surface area contributed by atoms with Gasteiger partial charge in [-0.15, -0.1) is 0 Å². The highest BCUT2D eigenvalue weighted by molar-refractivity contribution is 6.28. The summed E-state index contributed by atoms with van der Waals surface area (Å²) in [4.78, 5) is 25.4. The topological polar surface area (TPSA) is 64.5 Å². The molecule has 0 fully saturated rings. The summed E-state index contributed by atoms with van der Waals surface area (Å²) in [5, 5.41) is 7.29. The summed E-state index contributed by atoms with van der Waals surface area (Å²) in [6.07, 6.45) is 0. The van der Waals surface area contributed by atoms with E-state index in [9.17, 15) is 0 Å². The van der Waals surface area contributed by atoms with E-state index in [-0.39, 0.29) is 0 Å². The number of fused-ring (bicyclic) bond motifs is 6. The van der Waals surface area contributed by atoms with E-state index in [1.54, 1.807) is 0 Å². The molecule has 5 heteroatoms. The number of aromatic nitrogens is 5. The maximum atomic E-state index is 5.29. The fourth-order valence-corrected chi connectivity index (χ4v) is 8.25. The van der Waals surface area contributed by atoms with Gasteiger partial charge in [0.25, 0.3) is 0 Å². The average molecular weight is 766 g/mol. The summed E-state index contributed by atoms with van der Waals surface area (Å²) < 4.78 is 0. The molecule has 2 aromatic heterocycles. The fraction of sp³-hybridized carbons (Fsp3) is 0. The van der Waals surface area contributed by atoms with Crippen LogP contribution in [0.2, 0.25) is 0 Å². The molecule has 0 atom stereocenters. The van der Waals surface area contributed by atoms with Crippen molar-refractivity contribution in [2.75, 3.05) is 0 Å². The molecular weight excluding hydrogens is 731 g/mol. The Bertz CT molecular complexity index is 3260. The first-order valence-corrected chi connectivity index (χ1v) is 20.1. The van der Waals surface area contributed by atoms with Crippen LogP contribution in [0.15, 0.2) is 212 Å². The van der Waals surface area contributed by atoms with Crippen LogP contribution in [-0.2, 0) is 0 Å². The van der Waals surface area contributed by atoms with Crippen LogP contribution in [0.4, 0.5) is 0 Å². The van der Waals surface area contributed by atoms with Crippen LogP contribution in [0.5, 0.6) is 0 Å². The van der Waals surface area contributed by atoms with E-state index < -0.39 is 0 Å². The predicted octanol–water partition coefficient (Wildman–Crippen LogP) is 13.8. The second kappa shape index (κ2) is 15.0. The molecule has 280 valence electrons. The zero-order chi connectivity index (χ0) is 39.8. The van der Waals surface area contributed by atoms with Gasteiger partial charge in [0.15, 0.2) is 23.3 Å². The molecule has 0 amide bonds. The van der Waals surface area contributed by atoms with Crippen molar-refractivity contribution < 1.29 is 0 Å². The normalized spacial score (nSPS) is 11.3. The molecule has 11 rings (SSSR count). The summed E-state index contributed by atoms with van der Waals surface area (Å²) in [6, 6.07) is 73.5. The maximum Gasteiger partial charge on any atom is 0.164 e. The molecule has 9 aromatic carbocycles. The number of nitrogens with zero attached hydrogens (tertiary/aromatic N) is 5. The second-order valence-electron chi connectivity index (χ2n) is 14.8. The lowest BCUT2D eigenvalue weighted by Crippen LogP contribution is -2.00. The van der Waals surface area contributed by atoms with Crippen molar-refractivity contribution in [1.29, 1.82) is 0 Å². The van der Waals surface area contributed by atoms with Gasteiger partial charge in [-0.05, 0) is 61.6 Å². The van der Waals surface area contributed by atoms with Crippen molar-refractivity contribution in [2.24, 2.45) is 0 Å². The van der Waals surface area contributed by atoms with Crippen LogP contribution in [0, 0.1) is 0 Å². The Labute approximate surface area is 347 Å². The first-order valence-electron chi connectivity index (χ1n) is 20.1. The van der Waals surface area contributed by atoms with Gasteiger partial charge in [0.05, 0.1) is 11.4 Å². The summed E-state index contributed by atoms with van der Waals surface area (Å²) >= 11 is 0. The molecule has 0 radical (unpaired) electrons. The van der Waals surface area contributed by atoms with Crippen LogP contribution in [0.25, 0.3) is 112 Å². The van der Waals surface area contributed by atoms with Gasteiger partial charge in [-0.1, -0.05) is 194 Å². The van der Waals surface area contributed by atoms with E-state index in [2.05, 4.69) is 133 Å². The minimum absolute atomic E-state index is 0.615. The summed E-state index contributed by atoms with van der Waals surface area (Å²) in [6.45, 7) is 0. The fourth-order valence-electron chi connectivity index (χ4n) is 8.25. The summed E-state index contributed by atoms with van der Waals surface area (Å²) in [7, 11) is 0. The molecular formula is C55H35N5. The monoisotopic (exact) mass is 765 g/mol. The third-order valence-corrected chi connectivity index (χ3v) is 11.1. The van der Waals surface area contributed by atoms with Gasteiger partial charge < -0.3 is 0 Å². The smallest absolute Gasteiger partial charge is 0.164 e. The van der Waals surface area contributed by atoms with Crippen LogP contribution >= 0.6 is 0 Å². The number of rotatable bonds is 7. The zero-order valence-corrected chi connectivity index (χ0v) is 32.4. The molecule has 0 bridgehead atoms. The molecule has 60 heavy (non-hydrogen) atoms. The first-order chi connectivity index (χ1) is 29.7. The molecule has 11 aromatic rings.